The van der Waals surface area contributed by atoms with Crippen LogP contribution in [0.5, 0.6) is 5.75 Å². The summed E-state index contributed by atoms with van der Waals surface area (Å²) in [6, 6.07) is 7.88. The molecule has 1 heterocycles. The molecule has 0 spiro atoms. The van der Waals surface area contributed by atoms with Gasteiger partial charge in [0.15, 0.2) is 0 Å². The number of aromatic amines is 1. The van der Waals surface area contributed by atoms with Crippen molar-refractivity contribution in [1.82, 2.24) is 9.88 Å². The highest BCUT2D eigenvalue weighted by Gasteiger charge is 2.20. The zero-order chi connectivity index (χ0) is 15.6. The quantitative estimate of drug-likeness (QED) is 0.912. The number of fused-ring (bicyclic) bond motifs is 1. The number of rotatable bonds is 5. The number of methoxy groups -OCH3 is 1. The zero-order valence-electron chi connectivity index (χ0n) is 13.4. The Kier molecular flexibility index (Phi) is 4.56. The second-order valence-electron chi connectivity index (χ2n) is 6.03. The fourth-order valence-corrected chi connectivity index (χ4v) is 2.58. The van der Waals surface area contributed by atoms with Crippen molar-refractivity contribution in [3.63, 3.8) is 0 Å². The number of hydrogen-bond acceptors (Lipinski definition) is 2. The summed E-state index contributed by atoms with van der Waals surface area (Å²) in [5.41, 5.74) is 1.54. The molecule has 0 saturated carbocycles. The number of ether oxygens (including phenoxy) is 1. The van der Waals surface area contributed by atoms with E-state index < -0.39 is 0 Å². The van der Waals surface area contributed by atoms with Crippen LogP contribution in [-0.4, -0.2) is 36.0 Å². The van der Waals surface area contributed by atoms with Gasteiger partial charge < -0.3 is 14.6 Å². The predicted octanol–water partition coefficient (Wildman–Crippen LogP) is 3.68. The van der Waals surface area contributed by atoms with Crippen molar-refractivity contribution in [2.45, 2.75) is 33.2 Å². The lowest BCUT2D eigenvalue weighted by Gasteiger charge is -2.25. The number of carbonyl (C=O) groups is 1. The molecule has 0 radical (unpaired) electrons. The highest BCUT2D eigenvalue weighted by Crippen LogP contribution is 2.22. The Morgan fingerprint density at radius 2 is 2.00 bits per heavy atom. The minimum Gasteiger partial charge on any atom is -0.497 e. The Morgan fingerprint density at radius 1 is 1.29 bits per heavy atom. The molecule has 1 N–H and O–H groups in total. The summed E-state index contributed by atoms with van der Waals surface area (Å²) in [4.78, 5) is 17.6. The third-order valence-electron chi connectivity index (χ3n) is 3.85. The van der Waals surface area contributed by atoms with Gasteiger partial charge in [0.05, 0.1) is 7.11 Å². The molecule has 0 aliphatic rings. The van der Waals surface area contributed by atoms with Crippen molar-refractivity contribution < 1.29 is 9.53 Å². The Balaban J connectivity index is 2.22. The molecule has 2 rings (SSSR count). The van der Waals surface area contributed by atoms with E-state index >= 15 is 0 Å². The molecule has 0 aliphatic heterocycles. The van der Waals surface area contributed by atoms with Crippen molar-refractivity contribution in [2.24, 2.45) is 5.92 Å². The van der Waals surface area contributed by atoms with Crippen LogP contribution in [-0.2, 0) is 0 Å². The van der Waals surface area contributed by atoms with Gasteiger partial charge in [0.25, 0.3) is 5.91 Å². The van der Waals surface area contributed by atoms with E-state index in [-0.39, 0.29) is 11.9 Å². The van der Waals surface area contributed by atoms with E-state index in [0.29, 0.717) is 11.6 Å². The van der Waals surface area contributed by atoms with Crippen LogP contribution in [0.2, 0.25) is 0 Å². The van der Waals surface area contributed by atoms with Crippen LogP contribution in [0.25, 0.3) is 10.9 Å². The summed E-state index contributed by atoms with van der Waals surface area (Å²) >= 11 is 0. The van der Waals surface area contributed by atoms with E-state index in [1.54, 1.807) is 7.11 Å². The molecule has 2 aromatic rings. The monoisotopic (exact) mass is 288 g/mol. The van der Waals surface area contributed by atoms with Crippen molar-refractivity contribution in [1.29, 1.82) is 0 Å². The largest absolute Gasteiger partial charge is 0.497 e. The number of amides is 1. The standard InChI is InChI=1S/C17H24N2O2/c1-11(2)8-12(3)19(4)17(20)16-9-13-6-7-14(21-5)10-15(13)18-16/h6-7,9-12,18H,8H2,1-5H3. The summed E-state index contributed by atoms with van der Waals surface area (Å²) in [6.07, 6.45) is 0.996. The van der Waals surface area contributed by atoms with Crippen LogP contribution >= 0.6 is 0 Å². The van der Waals surface area contributed by atoms with E-state index in [2.05, 4.69) is 25.8 Å². The first-order chi connectivity index (χ1) is 9.92. The van der Waals surface area contributed by atoms with Gasteiger partial charge in [-0.25, -0.2) is 0 Å². The first kappa shape index (κ1) is 15.4. The third-order valence-corrected chi connectivity index (χ3v) is 3.85. The average Bonchev–Trinajstić information content (AvgIpc) is 2.87. The molecule has 4 nitrogen and oxygen atoms in total. The Labute approximate surface area is 126 Å². The summed E-state index contributed by atoms with van der Waals surface area (Å²) < 4.78 is 5.21. The second-order valence-corrected chi connectivity index (χ2v) is 6.03. The van der Waals surface area contributed by atoms with Crippen LogP contribution in [0.1, 0.15) is 37.7 Å². The minimum atomic E-state index is 0.0262. The molecule has 1 unspecified atom stereocenters. The normalized spacial score (nSPS) is 12.7. The molecule has 21 heavy (non-hydrogen) atoms. The SMILES string of the molecule is COc1ccc2cc(C(=O)N(C)C(C)CC(C)C)[nH]c2c1. The fourth-order valence-electron chi connectivity index (χ4n) is 2.58. The topological polar surface area (TPSA) is 45.3 Å². The molecule has 1 aromatic carbocycles. The van der Waals surface area contributed by atoms with E-state index in [1.807, 2.05) is 36.2 Å². The maximum atomic E-state index is 12.6. The van der Waals surface area contributed by atoms with Gasteiger partial charge in [-0.1, -0.05) is 13.8 Å². The molecule has 114 valence electrons. The lowest BCUT2D eigenvalue weighted by atomic mass is 10.0. The number of carbonyl (C=O) groups excluding carboxylic acids is 1. The first-order valence-electron chi connectivity index (χ1n) is 7.36. The fraction of sp³-hybridized carbons (Fsp3) is 0.471. The van der Waals surface area contributed by atoms with E-state index in [0.717, 1.165) is 23.1 Å². The van der Waals surface area contributed by atoms with Crippen LogP contribution in [0.4, 0.5) is 0 Å². The maximum absolute atomic E-state index is 12.6. The van der Waals surface area contributed by atoms with Gasteiger partial charge in [0.2, 0.25) is 0 Å². The maximum Gasteiger partial charge on any atom is 0.270 e. The smallest absolute Gasteiger partial charge is 0.270 e. The van der Waals surface area contributed by atoms with Crippen molar-refractivity contribution in [3.8, 4) is 5.75 Å². The Morgan fingerprint density at radius 3 is 2.62 bits per heavy atom. The van der Waals surface area contributed by atoms with Gasteiger partial charge in [0, 0.05) is 30.1 Å². The molecule has 1 amide bonds. The van der Waals surface area contributed by atoms with Gasteiger partial charge in [-0.15, -0.1) is 0 Å². The number of nitrogens with zero attached hydrogens (tertiary/aromatic N) is 1. The van der Waals surface area contributed by atoms with E-state index in [4.69, 9.17) is 4.74 Å². The van der Waals surface area contributed by atoms with Gasteiger partial charge in [-0.2, -0.15) is 0 Å². The molecule has 0 fully saturated rings. The number of H-pyrrole nitrogens is 1. The van der Waals surface area contributed by atoms with Crippen LogP contribution in [0, 0.1) is 5.92 Å². The molecule has 0 saturated heterocycles. The predicted molar refractivity (Wildman–Crippen MR) is 85.9 cm³/mol. The van der Waals surface area contributed by atoms with Crippen molar-refractivity contribution >= 4 is 16.8 Å². The van der Waals surface area contributed by atoms with E-state index in [9.17, 15) is 4.79 Å². The Bertz CT molecular complexity index is 631. The molecule has 1 aromatic heterocycles. The van der Waals surface area contributed by atoms with E-state index in [1.165, 1.54) is 0 Å². The second kappa shape index (κ2) is 6.20. The molecular weight excluding hydrogens is 264 g/mol. The zero-order valence-corrected chi connectivity index (χ0v) is 13.4. The summed E-state index contributed by atoms with van der Waals surface area (Å²) in [5.74, 6) is 1.38. The molecule has 0 bridgehead atoms. The summed E-state index contributed by atoms with van der Waals surface area (Å²) in [7, 11) is 3.50. The number of hydrogen-bond donors (Lipinski definition) is 1. The first-order valence-corrected chi connectivity index (χ1v) is 7.36. The van der Waals surface area contributed by atoms with Gasteiger partial charge in [-0.05, 0) is 37.5 Å². The van der Waals surface area contributed by atoms with Crippen LogP contribution < -0.4 is 4.74 Å². The highest BCUT2D eigenvalue weighted by molar-refractivity contribution is 5.98. The number of benzene rings is 1. The van der Waals surface area contributed by atoms with Gasteiger partial charge >= 0.3 is 0 Å². The van der Waals surface area contributed by atoms with Gasteiger partial charge in [0.1, 0.15) is 11.4 Å². The Hall–Kier alpha value is -1.97. The minimum absolute atomic E-state index is 0.0262. The van der Waals surface area contributed by atoms with Crippen LogP contribution in [0.3, 0.4) is 0 Å². The molecule has 1 atom stereocenters. The number of nitrogens with one attached hydrogen (secondary N) is 1. The van der Waals surface area contributed by atoms with Crippen LogP contribution in [0.15, 0.2) is 24.3 Å². The lowest BCUT2D eigenvalue weighted by molar-refractivity contribution is 0.0723. The highest BCUT2D eigenvalue weighted by atomic mass is 16.5. The van der Waals surface area contributed by atoms with Gasteiger partial charge in [-0.3, -0.25) is 4.79 Å². The molecule has 0 aliphatic carbocycles. The summed E-state index contributed by atoms with van der Waals surface area (Å²) in [5, 5.41) is 1.02. The average molecular weight is 288 g/mol. The summed E-state index contributed by atoms with van der Waals surface area (Å²) in [6.45, 7) is 6.43. The van der Waals surface area contributed by atoms with Crippen molar-refractivity contribution in [3.05, 3.63) is 30.0 Å². The molecular formula is C17H24N2O2. The number of aromatic nitrogens is 1. The van der Waals surface area contributed by atoms with Crippen molar-refractivity contribution in [2.75, 3.05) is 14.2 Å². The molecule has 4 heteroatoms. The third kappa shape index (κ3) is 3.38. The lowest BCUT2D eigenvalue weighted by Crippen LogP contribution is -2.36.